The van der Waals surface area contributed by atoms with Crippen molar-refractivity contribution < 1.29 is 18.7 Å². The first-order valence-corrected chi connectivity index (χ1v) is 6.26. The van der Waals surface area contributed by atoms with Crippen molar-refractivity contribution in [3.05, 3.63) is 34.4 Å². The van der Waals surface area contributed by atoms with Crippen molar-refractivity contribution >= 4 is 17.5 Å². The van der Waals surface area contributed by atoms with Crippen molar-refractivity contribution in [1.82, 2.24) is 4.90 Å². The molecule has 0 bridgehead atoms. The van der Waals surface area contributed by atoms with Gasteiger partial charge in [0, 0.05) is 12.6 Å². The number of aliphatic hydroxyl groups excluding tert-OH is 1. The van der Waals surface area contributed by atoms with Crippen LogP contribution in [0.25, 0.3) is 0 Å². The van der Waals surface area contributed by atoms with Gasteiger partial charge in [-0.15, -0.1) is 0 Å². The van der Waals surface area contributed by atoms with Crippen molar-refractivity contribution in [1.29, 1.82) is 0 Å². The quantitative estimate of drug-likeness (QED) is 0.867. The van der Waals surface area contributed by atoms with Crippen molar-refractivity contribution in [2.45, 2.75) is 32.9 Å². The lowest BCUT2D eigenvalue weighted by molar-refractivity contribution is 0.0574. The predicted molar refractivity (Wildman–Crippen MR) is 69.2 cm³/mol. The van der Waals surface area contributed by atoms with Crippen LogP contribution in [0.3, 0.4) is 0 Å². The number of benzene rings is 1. The van der Waals surface area contributed by atoms with Crippen molar-refractivity contribution in [2.24, 2.45) is 0 Å². The highest BCUT2D eigenvalue weighted by Crippen LogP contribution is 2.23. The van der Waals surface area contributed by atoms with Crippen LogP contribution in [0.2, 0.25) is 5.02 Å². The van der Waals surface area contributed by atoms with Gasteiger partial charge in [0.1, 0.15) is 10.8 Å². The Morgan fingerprint density at radius 3 is 2.42 bits per heavy atom. The third-order valence-corrected chi connectivity index (χ3v) is 2.96. The van der Waals surface area contributed by atoms with Crippen LogP contribution in [0.15, 0.2) is 12.1 Å². The lowest BCUT2D eigenvalue weighted by Crippen LogP contribution is -2.41. The van der Waals surface area contributed by atoms with Gasteiger partial charge in [-0.05, 0) is 32.9 Å². The summed E-state index contributed by atoms with van der Waals surface area (Å²) in [6.07, 6.45) is -0.745. The minimum absolute atomic E-state index is 0.0605. The normalized spacial score (nSPS) is 12.6. The lowest BCUT2D eigenvalue weighted by Gasteiger charge is -2.28. The number of hydrogen-bond donors (Lipinski definition) is 1. The average molecular weight is 292 g/mol. The van der Waals surface area contributed by atoms with Crippen LogP contribution in [0.4, 0.5) is 8.78 Å². The summed E-state index contributed by atoms with van der Waals surface area (Å²) >= 11 is 5.45. The van der Waals surface area contributed by atoms with Crippen molar-refractivity contribution in [2.75, 3.05) is 6.54 Å². The van der Waals surface area contributed by atoms with E-state index in [0.29, 0.717) is 0 Å². The van der Waals surface area contributed by atoms with E-state index in [9.17, 15) is 18.7 Å². The maximum Gasteiger partial charge on any atom is 0.257 e. The van der Waals surface area contributed by atoms with Gasteiger partial charge in [-0.2, -0.15) is 0 Å². The maximum atomic E-state index is 13.8. The molecule has 1 atom stereocenters. The van der Waals surface area contributed by atoms with Gasteiger partial charge in [-0.1, -0.05) is 11.6 Å². The Morgan fingerprint density at radius 1 is 1.37 bits per heavy atom. The van der Waals surface area contributed by atoms with Gasteiger partial charge < -0.3 is 10.0 Å². The van der Waals surface area contributed by atoms with E-state index in [4.69, 9.17) is 11.6 Å². The fraction of sp³-hybridized carbons (Fsp3) is 0.462. The fourth-order valence-electron chi connectivity index (χ4n) is 1.66. The van der Waals surface area contributed by atoms with E-state index in [0.717, 1.165) is 12.1 Å². The Kier molecular flexibility index (Phi) is 5.26. The van der Waals surface area contributed by atoms with Gasteiger partial charge in [-0.3, -0.25) is 4.79 Å². The molecule has 0 unspecified atom stereocenters. The molecule has 106 valence electrons. The van der Waals surface area contributed by atoms with E-state index in [-0.39, 0.29) is 18.2 Å². The zero-order valence-electron chi connectivity index (χ0n) is 11.0. The van der Waals surface area contributed by atoms with Gasteiger partial charge in [0.2, 0.25) is 0 Å². The van der Waals surface area contributed by atoms with Gasteiger partial charge in [-0.25, -0.2) is 8.78 Å². The molecule has 0 aliphatic heterocycles. The first-order chi connectivity index (χ1) is 8.75. The summed E-state index contributed by atoms with van der Waals surface area (Å²) in [6, 6.07) is 1.76. The Hall–Kier alpha value is -1.20. The minimum atomic E-state index is -1.08. The van der Waals surface area contributed by atoms with E-state index in [1.165, 1.54) is 11.8 Å². The zero-order chi connectivity index (χ0) is 14.7. The number of carbonyl (C=O) groups excluding carboxylic acids is 1. The second kappa shape index (κ2) is 6.30. The molecule has 0 spiro atoms. The molecule has 0 aromatic heterocycles. The molecule has 1 rings (SSSR count). The molecule has 0 saturated heterocycles. The zero-order valence-corrected chi connectivity index (χ0v) is 11.7. The highest BCUT2D eigenvalue weighted by Gasteiger charge is 2.25. The Labute approximate surface area is 115 Å². The Bertz CT molecular complexity index is 478. The van der Waals surface area contributed by atoms with Gasteiger partial charge in [0.25, 0.3) is 5.91 Å². The van der Waals surface area contributed by atoms with Crippen LogP contribution < -0.4 is 0 Å². The van der Waals surface area contributed by atoms with Crippen LogP contribution in [0.5, 0.6) is 0 Å². The maximum absolute atomic E-state index is 13.8. The lowest BCUT2D eigenvalue weighted by atomic mass is 10.1. The molecule has 1 amide bonds. The summed E-state index contributed by atoms with van der Waals surface area (Å²) in [6.45, 7) is 5.06. The molecule has 6 heteroatoms. The molecule has 0 fully saturated rings. The van der Waals surface area contributed by atoms with Crippen LogP contribution in [0, 0.1) is 11.6 Å². The highest BCUT2D eigenvalue weighted by molar-refractivity contribution is 6.31. The number of hydrogen-bond acceptors (Lipinski definition) is 2. The molecule has 0 saturated carbocycles. The van der Waals surface area contributed by atoms with Gasteiger partial charge in [0.15, 0.2) is 5.82 Å². The van der Waals surface area contributed by atoms with Gasteiger partial charge in [0.05, 0.1) is 11.7 Å². The molecule has 19 heavy (non-hydrogen) atoms. The third kappa shape index (κ3) is 3.64. The molecule has 0 aliphatic rings. The molecule has 0 radical (unpaired) electrons. The smallest absolute Gasteiger partial charge is 0.257 e. The van der Waals surface area contributed by atoms with Crippen LogP contribution in [0.1, 0.15) is 31.1 Å². The van der Waals surface area contributed by atoms with Crippen LogP contribution in [-0.2, 0) is 0 Å². The second-order valence-electron chi connectivity index (χ2n) is 4.62. The van der Waals surface area contributed by atoms with E-state index in [1.807, 2.05) is 0 Å². The summed E-state index contributed by atoms with van der Waals surface area (Å²) in [7, 11) is 0. The number of nitrogens with zero attached hydrogens (tertiary/aromatic N) is 1. The Morgan fingerprint density at radius 2 is 1.95 bits per heavy atom. The van der Waals surface area contributed by atoms with Crippen LogP contribution in [-0.4, -0.2) is 34.6 Å². The summed E-state index contributed by atoms with van der Waals surface area (Å²) in [5.74, 6) is -2.62. The van der Waals surface area contributed by atoms with E-state index >= 15 is 0 Å². The monoisotopic (exact) mass is 291 g/mol. The summed E-state index contributed by atoms with van der Waals surface area (Å²) in [4.78, 5) is 13.5. The second-order valence-corrected chi connectivity index (χ2v) is 5.00. The molecular formula is C13H16ClF2NO2. The number of carbonyl (C=O) groups is 1. The molecule has 1 aromatic rings. The van der Waals surface area contributed by atoms with Crippen LogP contribution >= 0.6 is 11.6 Å². The number of halogens is 3. The molecular weight excluding hydrogens is 276 g/mol. The SMILES string of the molecule is CC(C)N(C[C@@H](C)O)C(=O)c1ccc(F)c(Cl)c1F. The molecule has 1 N–H and O–H groups in total. The third-order valence-electron chi connectivity index (χ3n) is 2.61. The molecule has 0 heterocycles. The largest absolute Gasteiger partial charge is 0.392 e. The molecule has 0 aliphatic carbocycles. The Balaban J connectivity index is 3.14. The molecule has 3 nitrogen and oxygen atoms in total. The van der Waals surface area contributed by atoms with E-state index in [1.54, 1.807) is 13.8 Å². The first kappa shape index (κ1) is 15.9. The average Bonchev–Trinajstić information content (AvgIpc) is 2.32. The highest BCUT2D eigenvalue weighted by atomic mass is 35.5. The van der Waals surface area contributed by atoms with E-state index in [2.05, 4.69) is 0 Å². The fourth-order valence-corrected chi connectivity index (χ4v) is 1.82. The van der Waals surface area contributed by atoms with Crippen molar-refractivity contribution in [3.8, 4) is 0 Å². The summed E-state index contributed by atoms with van der Waals surface area (Å²) in [5.41, 5.74) is -0.305. The number of aliphatic hydroxyl groups is 1. The standard InChI is InChI=1S/C13H16ClF2NO2/c1-7(2)17(6-8(3)18)13(19)9-4-5-10(15)11(14)12(9)16/h4-5,7-8,18H,6H2,1-3H3/t8-/m1/s1. The number of amides is 1. The summed E-state index contributed by atoms with van der Waals surface area (Å²) in [5, 5.41) is 8.66. The van der Waals surface area contributed by atoms with E-state index < -0.39 is 28.7 Å². The summed E-state index contributed by atoms with van der Waals surface area (Å²) < 4.78 is 26.8. The number of rotatable bonds is 4. The first-order valence-electron chi connectivity index (χ1n) is 5.88. The molecule has 1 aromatic carbocycles. The minimum Gasteiger partial charge on any atom is -0.392 e. The predicted octanol–water partition coefficient (Wildman–Crippen LogP) is 2.85. The van der Waals surface area contributed by atoms with Gasteiger partial charge >= 0.3 is 0 Å². The van der Waals surface area contributed by atoms with Crippen molar-refractivity contribution in [3.63, 3.8) is 0 Å². The topological polar surface area (TPSA) is 40.5 Å².